The van der Waals surface area contributed by atoms with Crippen LogP contribution in [0.4, 0.5) is 0 Å². The molecule has 1 N–H and O–H groups in total. The van der Waals surface area contributed by atoms with Crippen LogP contribution in [0.15, 0.2) is 11.3 Å². The number of hydrogen-bond donors (Lipinski definition) is 1. The molecule has 0 fully saturated rings. The molecule has 0 heterocycles. The van der Waals surface area contributed by atoms with Crippen molar-refractivity contribution in [2.75, 3.05) is 0 Å². The van der Waals surface area contributed by atoms with Gasteiger partial charge < -0.3 is 5.11 Å². The first-order chi connectivity index (χ1) is 4.25. The molecule has 0 spiro atoms. The fourth-order valence-electron chi connectivity index (χ4n) is 1.04. The predicted molar refractivity (Wildman–Crippen MR) is 34.2 cm³/mol. The van der Waals surface area contributed by atoms with Crippen LogP contribution in [0.1, 0.15) is 26.2 Å². The highest BCUT2D eigenvalue weighted by Gasteiger charge is 2.19. The summed E-state index contributed by atoms with van der Waals surface area (Å²) in [5.74, 6) is -0.0654. The van der Waals surface area contributed by atoms with E-state index in [9.17, 15) is 4.79 Å². The lowest BCUT2D eigenvalue weighted by Gasteiger charge is -1.91. The van der Waals surface area contributed by atoms with E-state index in [-0.39, 0.29) is 11.5 Å². The van der Waals surface area contributed by atoms with E-state index in [2.05, 4.69) is 0 Å². The molecule has 0 aromatic heterocycles. The van der Waals surface area contributed by atoms with E-state index in [4.69, 9.17) is 5.11 Å². The van der Waals surface area contributed by atoms with Gasteiger partial charge in [-0.3, -0.25) is 4.79 Å². The summed E-state index contributed by atoms with van der Waals surface area (Å²) in [5, 5.41) is 8.99. The highest BCUT2D eigenvalue weighted by molar-refractivity contribution is 5.96. The molecule has 0 saturated heterocycles. The fourth-order valence-corrected chi connectivity index (χ4v) is 1.04. The van der Waals surface area contributed by atoms with Gasteiger partial charge in [0.05, 0.1) is 0 Å². The topological polar surface area (TPSA) is 37.3 Å². The second-order valence-electron chi connectivity index (χ2n) is 2.23. The van der Waals surface area contributed by atoms with Gasteiger partial charge in [-0.15, -0.1) is 0 Å². The van der Waals surface area contributed by atoms with Gasteiger partial charge in [-0.1, -0.05) is 6.92 Å². The summed E-state index contributed by atoms with van der Waals surface area (Å²) in [6, 6.07) is 0. The number of hydrogen-bond acceptors (Lipinski definition) is 2. The molecule has 2 heteroatoms. The maximum Gasteiger partial charge on any atom is 0.197 e. The number of aliphatic hydroxyl groups is 1. The quantitative estimate of drug-likeness (QED) is 0.579. The van der Waals surface area contributed by atoms with Gasteiger partial charge in [0.2, 0.25) is 0 Å². The normalized spacial score (nSPS) is 19.4. The van der Waals surface area contributed by atoms with Gasteiger partial charge >= 0.3 is 0 Å². The number of carbonyl (C=O) groups is 1. The Hall–Kier alpha value is -0.790. The number of carbonyl (C=O) groups excluding carboxylic acids is 1. The summed E-state index contributed by atoms with van der Waals surface area (Å²) in [7, 11) is 0. The van der Waals surface area contributed by atoms with Crippen LogP contribution in [0.5, 0.6) is 0 Å². The Bertz CT molecular complexity index is 168. The molecular weight excluding hydrogens is 116 g/mol. The highest BCUT2D eigenvalue weighted by Crippen LogP contribution is 2.22. The largest absolute Gasteiger partial charge is 0.504 e. The third kappa shape index (κ3) is 0.969. The standard InChI is InChI=1S/C7H10O2/c1-2-5-3-4-6(8)7(5)9/h9H,2-4H2,1H3. The minimum atomic E-state index is -0.0909. The van der Waals surface area contributed by atoms with Gasteiger partial charge in [0.25, 0.3) is 0 Å². The Labute approximate surface area is 54.2 Å². The van der Waals surface area contributed by atoms with E-state index in [0.717, 1.165) is 18.4 Å². The number of allylic oxidation sites excluding steroid dienone is 2. The second-order valence-corrected chi connectivity index (χ2v) is 2.23. The lowest BCUT2D eigenvalue weighted by atomic mass is 10.2. The summed E-state index contributed by atoms with van der Waals surface area (Å²) in [5.41, 5.74) is 0.917. The zero-order valence-corrected chi connectivity index (χ0v) is 5.48. The Kier molecular flexibility index (Phi) is 1.56. The maximum absolute atomic E-state index is 10.6. The average Bonchev–Trinajstić information content (AvgIpc) is 2.15. The van der Waals surface area contributed by atoms with E-state index >= 15 is 0 Å². The van der Waals surface area contributed by atoms with Crippen molar-refractivity contribution in [2.45, 2.75) is 26.2 Å². The van der Waals surface area contributed by atoms with Crippen LogP contribution in [0.3, 0.4) is 0 Å². The minimum Gasteiger partial charge on any atom is -0.504 e. The number of Topliss-reactive ketones (excluding diaryl/α,β-unsaturated/α-hetero) is 1. The van der Waals surface area contributed by atoms with E-state index in [1.165, 1.54) is 0 Å². The molecule has 0 saturated carbocycles. The minimum absolute atomic E-state index is 0.0255. The fraction of sp³-hybridized carbons (Fsp3) is 0.571. The monoisotopic (exact) mass is 126 g/mol. The van der Waals surface area contributed by atoms with Crippen molar-refractivity contribution in [2.24, 2.45) is 0 Å². The highest BCUT2D eigenvalue weighted by atomic mass is 16.3. The summed E-state index contributed by atoms with van der Waals surface area (Å²) in [6.07, 6.45) is 2.08. The first-order valence-corrected chi connectivity index (χ1v) is 3.20. The third-order valence-corrected chi connectivity index (χ3v) is 1.68. The van der Waals surface area contributed by atoms with Gasteiger partial charge in [0, 0.05) is 6.42 Å². The molecular formula is C7H10O2. The van der Waals surface area contributed by atoms with Crippen molar-refractivity contribution in [1.29, 1.82) is 0 Å². The molecule has 0 aromatic rings. The Morgan fingerprint density at radius 1 is 1.56 bits per heavy atom. The molecule has 0 aromatic carbocycles. The molecule has 0 aliphatic heterocycles. The molecule has 1 aliphatic carbocycles. The molecule has 1 rings (SSSR count). The van der Waals surface area contributed by atoms with E-state index in [1.807, 2.05) is 6.92 Å². The smallest absolute Gasteiger partial charge is 0.197 e. The Balaban J connectivity index is 2.79. The van der Waals surface area contributed by atoms with Crippen LogP contribution < -0.4 is 0 Å². The predicted octanol–water partition coefficient (Wildman–Crippen LogP) is 1.57. The summed E-state index contributed by atoms with van der Waals surface area (Å²) >= 11 is 0. The molecule has 0 unspecified atom stereocenters. The third-order valence-electron chi connectivity index (χ3n) is 1.68. The van der Waals surface area contributed by atoms with Crippen molar-refractivity contribution in [3.63, 3.8) is 0 Å². The van der Waals surface area contributed by atoms with Gasteiger partial charge in [0.1, 0.15) is 0 Å². The molecule has 0 bridgehead atoms. The van der Waals surface area contributed by atoms with Crippen LogP contribution in [0, 0.1) is 0 Å². The Morgan fingerprint density at radius 2 is 2.22 bits per heavy atom. The van der Waals surface area contributed by atoms with E-state index in [1.54, 1.807) is 0 Å². The number of aliphatic hydroxyl groups excluding tert-OH is 1. The first-order valence-electron chi connectivity index (χ1n) is 3.20. The van der Waals surface area contributed by atoms with Crippen molar-refractivity contribution in [3.05, 3.63) is 11.3 Å². The first kappa shape index (κ1) is 6.33. The van der Waals surface area contributed by atoms with Gasteiger partial charge in [-0.25, -0.2) is 0 Å². The number of rotatable bonds is 1. The second kappa shape index (κ2) is 2.21. The van der Waals surface area contributed by atoms with Crippen molar-refractivity contribution < 1.29 is 9.90 Å². The molecule has 0 radical (unpaired) electrons. The zero-order chi connectivity index (χ0) is 6.85. The lowest BCUT2D eigenvalue weighted by Crippen LogP contribution is -1.93. The van der Waals surface area contributed by atoms with Crippen LogP contribution in [0.25, 0.3) is 0 Å². The molecule has 1 aliphatic rings. The summed E-state index contributed by atoms with van der Waals surface area (Å²) in [6.45, 7) is 1.95. The van der Waals surface area contributed by atoms with Gasteiger partial charge in [-0.05, 0) is 18.4 Å². The van der Waals surface area contributed by atoms with Crippen LogP contribution in [-0.2, 0) is 4.79 Å². The molecule has 0 amide bonds. The molecule has 9 heavy (non-hydrogen) atoms. The lowest BCUT2D eigenvalue weighted by molar-refractivity contribution is -0.117. The van der Waals surface area contributed by atoms with Crippen LogP contribution in [0.2, 0.25) is 0 Å². The average molecular weight is 126 g/mol. The van der Waals surface area contributed by atoms with E-state index < -0.39 is 0 Å². The molecule has 0 atom stereocenters. The molecule has 50 valence electrons. The molecule has 2 nitrogen and oxygen atoms in total. The zero-order valence-electron chi connectivity index (χ0n) is 5.48. The van der Waals surface area contributed by atoms with Crippen molar-refractivity contribution in [3.8, 4) is 0 Å². The summed E-state index contributed by atoms with van der Waals surface area (Å²) < 4.78 is 0. The maximum atomic E-state index is 10.6. The van der Waals surface area contributed by atoms with Crippen LogP contribution >= 0.6 is 0 Å². The van der Waals surface area contributed by atoms with Crippen molar-refractivity contribution in [1.82, 2.24) is 0 Å². The Morgan fingerprint density at radius 3 is 2.44 bits per heavy atom. The van der Waals surface area contributed by atoms with Crippen LogP contribution in [-0.4, -0.2) is 10.9 Å². The van der Waals surface area contributed by atoms with Gasteiger partial charge in [0.15, 0.2) is 11.5 Å². The number of ketones is 1. The SMILES string of the molecule is CCC1=C(O)C(=O)CC1. The van der Waals surface area contributed by atoms with E-state index in [0.29, 0.717) is 6.42 Å². The van der Waals surface area contributed by atoms with Crippen molar-refractivity contribution >= 4 is 5.78 Å². The summed E-state index contributed by atoms with van der Waals surface area (Å²) in [4.78, 5) is 10.6. The van der Waals surface area contributed by atoms with Gasteiger partial charge in [-0.2, -0.15) is 0 Å².